The van der Waals surface area contributed by atoms with Gasteiger partial charge in [0.1, 0.15) is 0 Å². The van der Waals surface area contributed by atoms with E-state index in [1.165, 1.54) is 44.5 Å². The molecule has 0 N–H and O–H groups in total. The predicted octanol–water partition coefficient (Wildman–Crippen LogP) is 6.97. The summed E-state index contributed by atoms with van der Waals surface area (Å²) in [6.07, 6.45) is 0. The fourth-order valence-electron chi connectivity index (χ4n) is 4.43. The molecule has 4 aromatic carbocycles. The molecule has 4 aromatic rings. The second kappa shape index (κ2) is 5.84. The summed E-state index contributed by atoms with van der Waals surface area (Å²) in [6, 6.07) is 34.3. The molecular weight excluding hydrogens is 336 g/mol. The van der Waals surface area contributed by atoms with Crippen molar-refractivity contribution >= 4 is 11.1 Å². The summed E-state index contributed by atoms with van der Waals surface area (Å²) < 4.78 is 0. The fraction of sp³-hybridized carbons (Fsp3) is 0. The largest absolute Gasteiger partial charge is 0.0616 e. The number of hydrogen-bond acceptors (Lipinski definition) is 0. The minimum Gasteiger partial charge on any atom is -0.0616 e. The third-order valence-electron chi connectivity index (χ3n) is 5.68. The standard InChI is InChI=1S/C28H16/c1-5-13-23-19(9-1)20-10-2-6-14-24(20)27(23)17-18-28-25-15-7-3-11-21(25)22-12-4-8-16-26(22)28/h1-16H. The lowest BCUT2D eigenvalue weighted by molar-refractivity contribution is 1.65. The topological polar surface area (TPSA) is 0 Å². The van der Waals surface area contributed by atoms with Crippen molar-refractivity contribution in [2.75, 3.05) is 0 Å². The Morgan fingerprint density at radius 3 is 0.750 bits per heavy atom. The van der Waals surface area contributed by atoms with E-state index < -0.39 is 0 Å². The lowest BCUT2D eigenvalue weighted by Gasteiger charge is -1.98. The van der Waals surface area contributed by atoms with E-state index in [0.717, 1.165) is 11.1 Å². The molecule has 0 unspecified atom stereocenters. The number of hydrogen-bond donors (Lipinski definition) is 0. The third kappa shape index (κ3) is 2.08. The first-order valence-corrected chi connectivity index (χ1v) is 9.56. The third-order valence-corrected chi connectivity index (χ3v) is 5.68. The van der Waals surface area contributed by atoms with Gasteiger partial charge in [0.2, 0.25) is 0 Å². The molecule has 0 aromatic heterocycles. The Morgan fingerprint density at radius 2 is 0.500 bits per heavy atom. The SMILES string of the molecule is C(=C=C1c2ccccc2-c2ccccc21)=C1c2ccccc2-c2ccccc21. The van der Waals surface area contributed by atoms with Crippen LogP contribution in [0.3, 0.4) is 0 Å². The van der Waals surface area contributed by atoms with E-state index in [2.05, 4.69) is 109 Å². The van der Waals surface area contributed by atoms with Gasteiger partial charge >= 0.3 is 0 Å². The summed E-state index contributed by atoms with van der Waals surface area (Å²) in [7, 11) is 0. The molecule has 2 aliphatic rings. The van der Waals surface area contributed by atoms with Crippen LogP contribution in [0.5, 0.6) is 0 Å². The molecule has 0 amide bonds. The molecule has 0 heterocycles. The highest BCUT2D eigenvalue weighted by Gasteiger charge is 2.24. The van der Waals surface area contributed by atoms with Crippen LogP contribution in [0.25, 0.3) is 33.4 Å². The Labute approximate surface area is 164 Å². The predicted molar refractivity (Wildman–Crippen MR) is 116 cm³/mol. The molecule has 0 saturated carbocycles. The van der Waals surface area contributed by atoms with Gasteiger partial charge in [0.15, 0.2) is 0 Å². The number of benzene rings is 4. The van der Waals surface area contributed by atoms with Crippen molar-refractivity contribution in [2.24, 2.45) is 0 Å². The van der Waals surface area contributed by atoms with Crippen LogP contribution in [0.2, 0.25) is 0 Å². The van der Waals surface area contributed by atoms with Crippen LogP contribution in [0.4, 0.5) is 0 Å². The van der Waals surface area contributed by atoms with Gasteiger partial charge in [-0.1, -0.05) is 109 Å². The molecule has 0 saturated heterocycles. The summed E-state index contributed by atoms with van der Waals surface area (Å²) in [5.41, 5.74) is 19.4. The second-order valence-corrected chi connectivity index (χ2v) is 7.18. The zero-order valence-electron chi connectivity index (χ0n) is 15.2. The smallest absolute Gasteiger partial charge is 0.0406 e. The van der Waals surface area contributed by atoms with Crippen molar-refractivity contribution < 1.29 is 0 Å². The first-order chi connectivity index (χ1) is 13.9. The quantitative estimate of drug-likeness (QED) is 0.259. The molecule has 0 spiro atoms. The molecule has 0 bridgehead atoms. The Hall–Kier alpha value is -3.82. The zero-order valence-corrected chi connectivity index (χ0v) is 15.2. The summed E-state index contributed by atoms with van der Waals surface area (Å²) in [4.78, 5) is 0. The highest BCUT2D eigenvalue weighted by Crippen LogP contribution is 2.45. The molecule has 28 heavy (non-hydrogen) atoms. The summed E-state index contributed by atoms with van der Waals surface area (Å²) in [5, 5.41) is 0. The van der Waals surface area contributed by atoms with Gasteiger partial charge in [-0.3, -0.25) is 0 Å². The van der Waals surface area contributed by atoms with Crippen molar-refractivity contribution in [1.29, 1.82) is 0 Å². The van der Waals surface area contributed by atoms with Crippen LogP contribution in [0.1, 0.15) is 22.3 Å². The van der Waals surface area contributed by atoms with Gasteiger partial charge in [-0.15, -0.1) is 0 Å². The van der Waals surface area contributed by atoms with Crippen LogP contribution < -0.4 is 0 Å². The molecular formula is C28H16. The molecule has 6 rings (SSSR count). The zero-order chi connectivity index (χ0) is 18.5. The molecule has 2 aliphatic carbocycles. The molecule has 0 heteroatoms. The molecule has 0 fully saturated rings. The van der Waals surface area contributed by atoms with Gasteiger partial charge in [0, 0.05) is 11.1 Å². The molecule has 0 nitrogen and oxygen atoms in total. The monoisotopic (exact) mass is 352 g/mol. The maximum absolute atomic E-state index is 3.55. The minimum absolute atomic E-state index is 1.13. The van der Waals surface area contributed by atoms with E-state index in [9.17, 15) is 0 Å². The van der Waals surface area contributed by atoms with Crippen LogP contribution in [-0.2, 0) is 0 Å². The summed E-state index contributed by atoms with van der Waals surface area (Å²) in [6.45, 7) is 0. The van der Waals surface area contributed by atoms with Crippen molar-refractivity contribution in [2.45, 2.75) is 0 Å². The van der Waals surface area contributed by atoms with E-state index >= 15 is 0 Å². The van der Waals surface area contributed by atoms with Gasteiger partial charge < -0.3 is 0 Å². The molecule has 0 radical (unpaired) electrons. The van der Waals surface area contributed by atoms with Gasteiger partial charge in [0.05, 0.1) is 0 Å². The van der Waals surface area contributed by atoms with Crippen LogP contribution in [0, 0.1) is 0 Å². The fourth-order valence-corrected chi connectivity index (χ4v) is 4.43. The highest BCUT2D eigenvalue weighted by atomic mass is 14.3. The molecule has 0 aliphatic heterocycles. The Bertz CT molecular complexity index is 1170. The first kappa shape index (κ1) is 15.3. The Kier molecular flexibility index (Phi) is 3.18. The highest BCUT2D eigenvalue weighted by molar-refractivity contribution is 6.03. The first-order valence-electron chi connectivity index (χ1n) is 9.56. The van der Waals surface area contributed by atoms with Gasteiger partial charge in [-0.2, -0.15) is 0 Å². The molecule has 128 valence electrons. The molecule has 0 atom stereocenters. The van der Waals surface area contributed by atoms with Gasteiger partial charge in [-0.25, -0.2) is 0 Å². The number of rotatable bonds is 0. The van der Waals surface area contributed by atoms with Crippen LogP contribution in [0.15, 0.2) is 109 Å². The van der Waals surface area contributed by atoms with Gasteiger partial charge in [-0.05, 0) is 44.5 Å². The Morgan fingerprint density at radius 1 is 0.286 bits per heavy atom. The second-order valence-electron chi connectivity index (χ2n) is 7.18. The van der Waals surface area contributed by atoms with Crippen molar-refractivity contribution in [1.82, 2.24) is 0 Å². The Balaban J connectivity index is 1.70. The average Bonchev–Trinajstić information content (AvgIpc) is 3.26. The maximum atomic E-state index is 3.55. The minimum atomic E-state index is 1.13. The van der Waals surface area contributed by atoms with E-state index in [1.54, 1.807) is 0 Å². The summed E-state index contributed by atoms with van der Waals surface area (Å²) in [5.74, 6) is 0. The normalized spacial score (nSPS) is 12.6. The maximum Gasteiger partial charge on any atom is 0.0406 e. The van der Waals surface area contributed by atoms with Gasteiger partial charge in [0.25, 0.3) is 0 Å². The average molecular weight is 352 g/mol. The van der Waals surface area contributed by atoms with Crippen LogP contribution in [-0.4, -0.2) is 0 Å². The van der Waals surface area contributed by atoms with Crippen molar-refractivity contribution in [3.05, 3.63) is 131 Å². The van der Waals surface area contributed by atoms with Crippen molar-refractivity contribution in [3.63, 3.8) is 0 Å². The lowest BCUT2D eigenvalue weighted by atomic mass is 10.0. The van der Waals surface area contributed by atoms with E-state index in [-0.39, 0.29) is 0 Å². The summed E-state index contributed by atoms with van der Waals surface area (Å²) >= 11 is 0. The van der Waals surface area contributed by atoms with E-state index in [1.807, 2.05) is 0 Å². The van der Waals surface area contributed by atoms with Crippen molar-refractivity contribution in [3.8, 4) is 22.3 Å². The van der Waals surface area contributed by atoms with E-state index in [0.29, 0.717) is 0 Å². The van der Waals surface area contributed by atoms with E-state index in [4.69, 9.17) is 0 Å². The lowest BCUT2D eigenvalue weighted by Crippen LogP contribution is -1.79. The van der Waals surface area contributed by atoms with Crippen LogP contribution >= 0.6 is 0 Å². The number of fused-ring (bicyclic) bond motifs is 6.